The molecule has 1 rings (SSSR count). The van der Waals surface area contributed by atoms with Gasteiger partial charge in [0.25, 0.3) is 23.9 Å². The van der Waals surface area contributed by atoms with Crippen LogP contribution in [0.5, 0.6) is 0 Å². The number of hydrogen-bond donors (Lipinski definition) is 8. The van der Waals surface area contributed by atoms with E-state index in [9.17, 15) is 20.1 Å². The summed E-state index contributed by atoms with van der Waals surface area (Å²) in [7, 11) is 0. The van der Waals surface area contributed by atoms with Gasteiger partial charge in [0, 0.05) is 34.6 Å². The molecular weight excluding hydrogens is 432 g/mol. The van der Waals surface area contributed by atoms with Crippen molar-refractivity contribution in [2.45, 2.75) is 65.3 Å². The summed E-state index contributed by atoms with van der Waals surface area (Å²) in [5, 5.41) is 66.5. The quantitative estimate of drug-likeness (QED) is 0.201. The van der Waals surface area contributed by atoms with Crippen molar-refractivity contribution in [1.29, 1.82) is 0 Å². The average Bonchev–Trinajstić information content (AvgIpc) is 2.53. The molecule has 1 saturated heterocycles. The topological polar surface area (TPSA) is 266 Å². The molecule has 0 spiro atoms. The third kappa shape index (κ3) is 32.0. The molecule has 0 unspecified atom stereocenters. The fraction of sp³-hybridized carbons (Fsp3) is 0.688. The summed E-state index contributed by atoms with van der Waals surface area (Å²) in [5.41, 5.74) is 0. The third-order valence-electron chi connectivity index (χ3n) is 2.13. The van der Waals surface area contributed by atoms with E-state index < -0.39 is 67.2 Å². The lowest BCUT2D eigenvalue weighted by molar-refractivity contribution is -0.292. The zero-order chi connectivity index (χ0) is 25.9. The van der Waals surface area contributed by atoms with E-state index in [4.69, 9.17) is 49.4 Å². The van der Waals surface area contributed by atoms with Crippen LogP contribution in [-0.4, -0.2) is 108 Å². The number of hydrogen-bond acceptors (Lipinski definition) is 11. The summed E-state index contributed by atoms with van der Waals surface area (Å²) >= 11 is 0. The van der Waals surface area contributed by atoms with Crippen molar-refractivity contribution in [3.05, 3.63) is 0 Å². The summed E-state index contributed by atoms with van der Waals surface area (Å²) in [6, 6.07) is 0. The van der Waals surface area contributed by atoms with Gasteiger partial charge >= 0.3 is 5.97 Å². The van der Waals surface area contributed by atoms with Crippen LogP contribution in [0.25, 0.3) is 0 Å². The van der Waals surface area contributed by atoms with Crippen LogP contribution in [0, 0.1) is 0 Å². The van der Waals surface area contributed by atoms with Crippen LogP contribution in [0.15, 0.2) is 0 Å². The Kier molecular flexibility index (Phi) is 23.4. The zero-order valence-corrected chi connectivity index (χ0v) is 17.5. The number of aliphatic carboxylic acids is 4. The van der Waals surface area contributed by atoms with E-state index in [-0.39, 0.29) is 0 Å². The maximum absolute atomic E-state index is 10.6. The Morgan fingerprint density at radius 1 is 0.677 bits per heavy atom. The molecule has 5 atom stereocenters. The average molecular weight is 462 g/mol. The van der Waals surface area contributed by atoms with Crippen molar-refractivity contribution in [3.8, 4) is 0 Å². The maximum Gasteiger partial charge on any atom is 0.305 e. The highest BCUT2D eigenvalue weighted by Gasteiger charge is 2.44. The first-order valence-corrected chi connectivity index (χ1v) is 8.16. The van der Waals surface area contributed by atoms with Gasteiger partial charge in [-0.1, -0.05) is 0 Å². The molecule has 1 heterocycles. The molecule has 8 N–H and O–H groups in total. The van der Waals surface area contributed by atoms with Crippen LogP contribution >= 0.6 is 0 Å². The highest BCUT2D eigenvalue weighted by molar-refractivity contribution is 5.66. The summed E-state index contributed by atoms with van der Waals surface area (Å²) in [5.74, 6) is -4.03. The van der Waals surface area contributed by atoms with Crippen molar-refractivity contribution in [3.63, 3.8) is 0 Å². The molecule has 15 nitrogen and oxygen atoms in total. The molecule has 0 saturated carbocycles. The minimum Gasteiger partial charge on any atom is -0.481 e. The molecule has 184 valence electrons. The zero-order valence-electron chi connectivity index (χ0n) is 17.5. The lowest BCUT2D eigenvalue weighted by Crippen LogP contribution is -2.59. The van der Waals surface area contributed by atoms with Crippen molar-refractivity contribution in [1.82, 2.24) is 0 Å². The number of carboxylic acids is 4. The van der Waals surface area contributed by atoms with Crippen LogP contribution in [0.2, 0.25) is 0 Å². The van der Waals surface area contributed by atoms with Gasteiger partial charge in [-0.2, -0.15) is 0 Å². The summed E-state index contributed by atoms with van der Waals surface area (Å²) in [4.78, 5) is 46.6. The Bertz CT molecular complexity index is 481. The molecule has 0 aromatic heterocycles. The van der Waals surface area contributed by atoms with Crippen molar-refractivity contribution in [2.75, 3.05) is 6.61 Å². The molecule has 0 bridgehead atoms. The van der Waals surface area contributed by atoms with Crippen LogP contribution in [0.3, 0.4) is 0 Å². The third-order valence-corrected chi connectivity index (χ3v) is 2.13. The number of esters is 1. The molecule has 31 heavy (non-hydrogen) atoms. The van der Waals surface area contributed by atoms with Crippen LogP contribution < -0.4 is 0 Å². The largest absolute Gasteiger partial charge is 0.481 e. The van der Waals surface area contributed by atoms with E-state index in [1.54, 1.807) is 0 Å². The SMILES string of the molecule is CC(=O)O.CC(=O)O.CC(=O)O.CC(=O)O.CC(=O)O[C@@H]1O[C@H](CO)[C@@H](O)[C@H](O)[C@@H]1O. The van der Waals surface area contributed by atoms with Gasteiger partial charge in [-0.3, -0.25) is 24.0 Å². The van der Waals surface area contributed by atoms with Gasteiger partial charge in [-0.15, -0.1) is 0 Å². The predicted molar refractivity (Wildman–Crippen MR) is 98.8 cm³/mol. The fourth-order valence-electron chi connectivity index (χ4n) is 1.33. The molecule has 0 aromatic carbocycles. The molecule has 0 amide bonds. The van der Waals surface area contributed by atoms with Crippen LogP contribution in [-0.2, 0) is 33.4 Å². The van der Waals surface area contributed by atoms with Gasteiger partial charge < -0.3 is 50.3 Å². The summed E-state index contributed by atoms with van der Waals surface area (Å²) < 4.78 is 9.45. The maximum atomic E-state index is 10.6. The number of aliphatic hydroxyl groups is 4. The van der Waals surface area contributed by atoms with Crippen molar-refractivity contribution < 1.29 is 74.3 Å². The first-order valence-electron chi connectivity index (χ1n) is 8.16. The molecule has 1 fully saturated rings. The van der Waals surface area contributed by atoms with E-state index in [0.29, 0.717) is 0 Å². The fourth-order valence-corrected chi connectivity index (χ4v) is 1.33. The molecule has 1 aliphatic rings. The van der Waals surface area contributed by atoms with E-state index >= 15 is 0 Å². The Labute approximate surface area is 177 Å². The lowest BCUT2D eigenvalue weighted by atomic mass is 9.99. The Morgan fingerprint density at radius 2 is 0.968 bits per heavy atom. The van der Waals surface area contributed by atoms with Crippen molar-refractivity contribution >= 4 is 29.8 Å². The number of carboxylic acid groups (broad SMARTS) is 4. The lowest BCUT2D eigenvalue weighted by Gasteiger charge is -2.38. The first-order chi connectivity index (χ1) is 13.9. The minimum absolute atomic E-state index is 0.553. The second-order valence-corrected chi connectivity index (χ2v) is 5.38. The number of carbonyl (C=O) groups excluding carboxylic acids is 1. The molecule has 15 heteroatoms. The van der Waals surface area contributed by atoms with Gasteiger partial charge in [-0.25, -0.2) is 0 Å². The summed E-state index contributed by atoms with van der Waals surface area (Å²) in [6.45, 7) is 4.89. The molecular formula is C16H30O15. The van der Waals surface area contributed by atoms with Crippen molar-refractivity contribution in [2.24, 2.45) is 0 Å². The molecule has 0 radical (unpaired) electrons. The van der Waals surface area contributed by atoms with Gasteiger partial charge in [0.2, 0.25) is 6.29 Å². The van der Waals surface area contributed by atoms with E-state index in [1.807, 2.05) is 0 Å². The van der Waals surface area contributed by atoms with Crippen LogP contribution in [0.4, 0.5) is 0 Å². The molecule has 1 aliphatic heterocycles. The second-order valence-electron chi connectivity index (χ2n) is 5.38. The smallest absolute Gasteiger partial charge is 0.305 e. The predicted octanol–water partition coefficient (Wildman–Crippen LogP) is -2.29. The van der Waals surface area contributed by atoms with Gasteiger partial charge in [0.1, 0.15) is 24.4 Å². The summed E-state index contributed by atoms with van der Waals surface area (Å²) in [6.07, 6.45) is -6.95. The Hall–Kier alpha value is -2.85. The Morgan fingerprint density at radius 3 is 1.19 bits per heavy atom. The van der Waals surface area contributed by atoms with Gasteiger partial charge in [-0.05, 0) is 0 Å². The monoisotopic (exact) mass is 462 g/mol. The first kappa shape index (κ1) is 35.6. The van der Waals surface area contributed by atoms with E-state index in [1.165, 1.54) is 0 Å². The highest BCUT2D eigenvalue weighted by atomic mass is 16.7. The minimum atomic E-state index is -1.54. The number of carbonyl (C=O) groups is 5. The molecule has 0 aliphatic carbocycles. The number of ether oxygens (including phenoxy) is 2. The molecule has 0 aromatic rings. The number of rotatable bonds is 2. The van der Waals surface area contributed by atoms with Gasteiger partial charge in [0.05, 0.1) is 6.61 Å². The van der Waals surface area contributed by atoms with Crippen LogP contribution in [0.1, 0.15) is 34.6 Å². The standard InChI is InChI=1S/C8H14O7.4C2H4O2/c1-3(10)14-8-7(13)6(12)5(11)4(2-9)15-8;4*1-2(3)4/h4-9,11-13H,2H2,1H3;4*1H3,(H,3,4)/t4-,5-,6+,7+,8-;;;;/m1..../s1. The second kappa shape index (κ2) is 20.4. The van der Waals surface area contributed by atoms with E-state index in [0.717, 1.165) is 34.6 Å². The van der Waals surface area contributed by atoms with E-state index in [2.05, 4.69) is 4.74 Å². The number of aliphatic hydroxyl groups excluding tert-OH is 4. The Balaban J connectivity index is -0.000000187. The highest BCUT2D eigenvalue weighted by Crippen LogP contribution is 2.21. The normalized spacial score (nSPS) is 23.2. The van der Waals surface area contributed by atoms with Gasteiger partial charge in [0.15, 0.2) is 0 Å².